The molecule has 0 radical (unpaired) electrons. The number of carbonyl (C=O) groups excluding carboxylic acids is 1. The summed E-state index contributed by atoms with van der Waals surface area (Å²) >= 11 is 12.3. The van der Waals surface area contributed by atoms with E-state index in [1.807, 2.05) is 31.2 Å². The molecule has 1 N–H and O–H groups in total. The van der Waals surface area contributed by atoms with Crippen molar-refractivity contribution in [2.24, 2.45) is 0 Å². The average molecular weight is 436 g/mol. The van der Waals surface area contributed by atoms with Gasteiger partial charge in [-0.2, -0.15) is 0 Å². The number of carboxylic acids is 1. The number of amides is 1. The quantitative estimate of drug-likeness (QED) is 0.642. The van der Waals surface area contributed by atoms with Gasteiger partial charge in [0.1, 0.15) is 12.2 Å². The summed E-state index contributed by atoms with van der Waals surface area (Å²) in [6.45, 7) is 2.56. The predicted molar refractivity (Wildman–Crippen MR) is 112 cm³/mol. The molecule has 154 valence electrons. The van der Waals surface area contributed by atoms with Gasteiger partial charge in [0.2, 0.25) is 0 Å². The molecule has 3 rings (SSSR count). The van der Waals surface area contributed by atoms with Crippen LogP contribution in [-0.4, -0.2) is 34.5 Å². The van der Waals surface area contributed by atoms with E-state index < -0.39 is 24.2 Å². The van der Waals surface area contributed by atoms with Crippen LogP contribution in [0.1, 0.15) is 49.5 Å². The highest BCUT2D eigenvalue weighted by Crippen LogP contribution is 2.43. The Hall–Kier alpha value is -2.08. The average Bonchev–Trinajstić information content (AvgIpc) is 2.68. The summed E-state index contributed by atoms with van der Waals surface area (Å²) in [5.41, 5.74) is 1.67. The number of hydrogen-bond donors (Lipinski definition) is 1. The number of unbranched alkanes of at least 4 members (excludes halogenated alkanes) is 1. The number of carboxylic acid groups (broad SMARTS) is 1. The Bertz CT molecular complexity index is 871. The number of nitrogens with zero attached hydrogens (tertiary/aromatic N) is 1. The highest BCUT2D eigenvalue weighted by Gasteiger charge is 2.44. The second kappa shape index (κ2) is 9.61. The Morgan fingerprint density at radius 1 is 1.10 bits per heavy atom. The predicted octanol–water partition coefficient (Wildman–Crippen LogP) is 5.28. The molecule has 3 atom stereocenters. The van der Waals surface area contributed by atoms with E-state index in [1.165, 1.54) is 0 Å². The molecule has 1 saturated heterocycles. The Morgan fingerprint density at radius 3 is 2.45 bits per heavy atom. The van der Waals surface area contributed by atoms with Gasteiger partial charge in [-0.05, 0) is 41.8 Å². The zero-order valence-corrected chi connectivity index (χ0v) is 17.6. The fourth-order valence-corrected chi connectivity index (χ4v) is 3.95. The van der Waals surface area contributed by atoms with Gasteiger partial charge in [0.15, 0.2) is 0 Å². The molecule has 0 aromatic heterocycles. The molecule has 1 heterocycles. The molecule has 0 aliphatic carbocycles. The van der Waals surface area contributed by atoms with Gasteiger partial charge in [-0.1, -0.05) is 60.8 Å². The molecule has 5 nitrogen and oxygen atoms in total. The smallest absolute Gasteiger partial charge is 0.306 e. The van der Waals surface area contributed by atoms with Crippen molar-refractivity contribution >= 4 is 35.1 Å². The van der Waals surface area contributed by atoms with Crippen molar-refractivity contribution < 1.29 is 19.4 Å². The van der Waals surface area contributed by atoms with Crippen LogP contribution in [0.4, 0.5) is 0 Å². The normalized spacial score (nSPS) is 22.0. The van der Waals surface area contributed by atoms with Crippen LogP contribution in [0.15, 0.2) is 48.5 Å². The molecule has 3 unspecified atom stereocenters. The maximum absolute atomic E-state index is 13.1. The first kappa shape index (κ1) is 21.6. The number of ether oxygens (including phenoxy) is 1. The van der Waals surface area contributed by atoms with E-state index in [-0.39, 0.29) is 12.3 Å². The highest BCUT2D eigenvalue weighted by atomic mass is 35.5. The van der Waals surface area contributed by atoms with Crippen molar-refractivity contribution in [2.45, 2.75) is 44.4 Å². The zero-order chi connectivity index (χ0) is 21.0. The number of halogens is 2. The van der Waals surface area contributed by atoms with Gasteiger partial charge in [0.25, 0.3) is 5.91 Å². The van der Waals surface area contributed by atoms with Crippen molar-refractivity contribution in [2.75, 3.05) is 6.54 Å². The fraction of sp³-hybridized carbons (Fsp3) is 0.364. The van der Waals surface area contributed by atoms with Crippen molar-refractivity contribution in [3.05, 3.63) is 69.7 Å². The third-order valence-corrected chi connectivity index (χ3v) is 5.48. The maximum Gasteiger partial charge on any atom is 0.306 e. The minimum absolute atomic E-state index is 0.306. The van der Waals surface area contributed by atoms with E-state index in [0.717, 1.165) is 24.0 Å². The first-order valence-corrected chi connectivity index (χ1v) is 10.3. The first-order valence-electron chi connectivity index (χ1n) is 9.59. The number of rotatable bonds is 7. The number of hydrogen-bond acceptors (Lipinski definition) is 3. The van der Waals surface area contributed by atoms with Crippen LogP contribution in [-0.2, 0) is 14.3 Å². The lowest BCUT2D eigenvalue weighted by atomic mass is 9.91. The molecular formula is C22H23Cl2NO4. The number of morpholine rings is 1. The molecule has 0 bridgehead atoms. The Morgan fingerprint density at radius 2 is 1.83 bits per heavy atom. The molecule has 29 heavy (non-hydrogen) atoms. The van der Waals surface area contributed by atoms with Crippen LogP contribution in [0.25, 0.3) is 0 Å². The molecule has 2 aromatic carbocycles. The molecule has 0 saturated carbocycles. The molecule has 1 aliphatic heterocycles. The van der Waals surface area contributed by atoms with E-state index in [2.05, 4.69) is 0 Å². The van der Waals surface area contributed by atoms with Crippen molar-refractivity contribution in [1.29, 1.82) is 0 Å². The van der Waals surface area contributed by atoms with Crippen LogP contribution in [0.2, 0.25) is 10.0 Å². The van der Waals surface area contributed by atoms with Crippen LogP contribution in [0.3, 0.4) is 0 Å². The summed E-state index contributed by atoms with van der Waals surface area (Å²) in [5.74, 6) is -1.38. The second-order valence-electron chi connectivity index (χ2n) is 7.08. The van der Waals surface area contributed by atoms with Crippen LogP contribution in [0.5, 0.6) is 0 Å². The third kappa shape index (κ3) is 5.10. The van der Waals surface area contributed by atoms with E-state index >= 15 is 0 Å². The third-order valence-electron chi connectivity index (χ3n) is 4.99. The van der Waals surface area contributed by atoms with Gasteiger partial charge in [-0.3, -0.25) is 9.59 Å². The van der Waals surface area contributed by atoms with Gasteiger partial charge in [0, 0.05) is 16.6 Å². The van der Waals surface area contributed by atoms with Gasteiger partial charge < -0.3 is 14.7 Å². The summed E-state index contributed by atoms with van der Waals surface area (Å²) < 4.78 is 6.09. The van der Waals surface area contributed by atoms with Gasteiger partial charge in [-0.15, -0.1) is 0 Å². The summed E-state index contributed by atoms with van der Waals surface area (Å²) in [4.78, 5) is 26.2. The van der Waals surface area contributed by atoms with Crippen LogP contribution < -0.4 is 0 Å². The van der Waals surface area contributed by atoms with E-state index in [1.54, 1.807) is 29.2 Å². The lowest BCUT2D eigenvalue weighted by Gasteiger charge is -2.44. The summed E-state index contributed by atoms with van der Waals surface area (Å²) in [6.07, 6.45) is -0.265. The highest BCUT2D eigenvalue weighted by molar-refractivity contribution is 6.30. The van der Waals surface area contributed by atoms with E-state index in [9.17, 15) is 14.7 Å². The van der Waals surface area contributed by atoms with Crippen molar-refractivity contribution in [3.63, 3.8) is 0 Å². The topological polar surface area (TPSA) is 66.8 Å². The summed E-state index contributed by atoms with van der Waals surface area (Å²) in [5, 5.41) is 10.4. The first-order chi connectivity index (χ1) is 13.9. The molecule has 7 heteroatoms. The lowest BCUT2D eigenvalue weighted by Crippen LogP contribution is -2.51. The van der Waals surface area contributed by atoms with Gasteiger partial charge in [-0.25, -0.2) is 0 Å². The van der Waals surface area contributed by atoms with E-state index in [0.29, 0.717) is 16.6 Å². The zero-order valence-electron chi connectivity index (χ0n) is 16.1. The number of carbonyl (C=O) groups is 2. The standard InChI is InChI=1S/C22H23Cl2NO4/c1-2-3-11-25-20(14-7-9-16(23)10-8-14)21(15-5-4-6-17(24)12-15)29-18(22(25)28)13-19(26)27/h4-10,12,18,20-21H,2-3,11,13H2,1H3,(H,26,27). The molecule has 2 aromatic rings. The van der Waals surface area contributed by atoms with Crippen LogP contribution in [0, 0.1) is 0 Å². The SMILES string of the molecule is CCCCN1C(=O)C(CC(=O)O)OC(c2cccc(Cl)c2)C1c1ccc(Cl)cc1. The lowest BCUT2D eigenvalue weighted by molar-refractivity contribution is -0.179. The monoisotopic (exact) mass is 435 g/mol. The molecule has 1 fully saturated rings. The number of aliphatic carboxylic acids is 1. The Kier molecular flexibility index (Phi) is 7.17. The largest absolute Gasteiger partial charge is 0.481 e. The Balaban J connectivity index is 2.08. The second-order valence-corrected chi connectivity index (χ2v) is 7.95. The Labute approximate surface area is 180 Å². The molecule has 1 amide bonds. The molecule has 1 aliphatic rings. The van der Waals surface area contributed by atoms with Crippen molar-refractivity contribution in [1.82, 2.24) is 4.90 Å². The number of benzene rings is 2. The van der Waals surface area contributed by atoms with Gasteiger partial charge in [0.05, 0.1) is 12.5 Å². The maximum atomic E-state index is 13.1. The van der Waals surface area contributed by atoms with Gasteiger partial charge >= 0.3 is 5.97 Å². The molecule has 0 spiro atoms. The van der Waals surface area contributed by atoms with E-state index in [4.69, 9.17) is 27.9 Å². The van der Waals surface area contributed by atoms with Crippen molar-refractivity contribution in [3.8, 4) is 0 Å². The molecular weight excluding hydrogens is 413 g/mol. The minimum atomic E-state index is -1.08. The summed E-state index contributed by atoms with van der Waals surface area (Å²) in [6, 6.07) is 14.1. The summed E-state index contributed by atoms with van der Waals surface area (Å²) in [7, 11) is 0. The van der Waals surface area contributed by atoms with Crippen LogP contribution >= 0.6 is 23.2 Å². The minimum Gasteiger partial charge on any atom is -0.481 e. The fourth-order valence-electron chi connectivity index (χ4n) is 3.63.